The average molecular weight is 400 g/mol. The molecule has 0 atom stereocenters. The number of carbonyl (C=O) groups is 1. The maximum Gasteiger partial charge on any atom is 0.246 e. The maximum atomic E-state index is 12.4. The van der Waals surface area contributed by atoms with Crippen molar-refractivity contribution in [2.24, 2.45) is 0 Å². The van der Waals surface area contributed by atoms with Crippen molar-refractivity contribution in [3.63, 3.8) is 0 Å². The van der Waals surface area contributed by atoms with Gasteiger partial charge in [0.25, 0.3) is 0 Å². The van der Waals surface area contributed by atoms with Gasteiger partial charge < -0.3 is 5.32 Å². The predicted octanol–water partition coefficient (Wildman–Crippen LogP) is 3.64. The molecule has 0 unspecified atom stereocenters. The highest BCUT2D eigenvalue weighted by atomic mass is 16.2. The van der Waals surface area contributed by atoms with Crippen LogP contribution in [-0.4, -0.2) is 30.6 Å². The molecular weight excluding hydrogens is 376 g/mol. The number of hydrogen-bond donors (Lipinski definition) is 1. The zero-order chi connectivity index (χ0) is 21.5. The van der Waals surface area contributed by atoms with Crippen LogP contribution < -0.4 is 5.32 Å². The van der Waals surface area contributed by atoms with Gasteiger partial charge in [-0.25, -0.2) is 0 Å². The Morgan fingerprint density at radius 2 is 2.03 bits per heavy atom. The van der Waals surface area contributed by atoms with Crippen molar-refractivity contribution < 1.29 is 4.79 Å². The number of carbonyl (C=O) groups excluding carboxylic acids is 1. The second-order valence-electron chi connectivity index (χ2n) is 6.75. The van der Waals surface area contributed by atoms with Gasteiger partial charge in [-0.3, -0.25) is 24.4 Å². The lowest BCUT2D eigenvalue weighted by Gasteiger charge is -2.05. The molecule has 0 saturated carbocycles. The Balaban J connectivity index is 1.62. The largest absolute Gasteiger partial charge is 0.325 e. The Morgan fingerprint density at radius 3 is 2.73 bits per heavy atom. The molecule has 30 heavy (non-hydrogen) atoms. The normalized spacial score (nSPS) is 11.6. The molecular formula is C23H24N6O. The number of rotatable bonds is 7. The van der Waals surface area contributed by atoms with Crippen molar-refractivity contribution in [3.8, 4) is 11.1 Å². The molecule has 0 bridgehead atoms. The number of amides is 1. The summed E-state index contributed by atoms with van der Waals surface area (Å²) in [6.45, 7) is 9.77. The first-order valence-corrected chi connectivity index (χ1v) is 9.53. The Kier molecular flexibility index (Phi) is 6.64. The van der Waals surface area contributed by atoms with Gasteiger partial charge in [0.05, 0.1) is 17.6 Å². The number of nitrogens with one attached hydrogen (secondary N) is 1. The molecule has 0 fully saturated rings. The van der Waals surface area contributed by atoms with Crippen LogP contribution in [0.15, 0.2) is 73.6 Å². The van der Waals surface area contributed by atoms with Crippen molar-refractivity contribution in [1.29, 1.82) is 0 Å². The fourth-order valence-corrected chi connectivity index (χ4v) is 2.97. The third-order valence-corrected chi connectivity index (χ3v) is 4.39. The van der Waals surface area contributed by atoms with Crippen LogP contribution in [0.4, 0.5) is 0 Å². The van der Waals surface area contributed by atoms with Gasteiger partial charge in [0.15, 0.2) is 0 Å². The third-order valence-electron chi connectivity index (χ3n) is 4.39. The molecule has 0 aliphatic rings. The van der Waals surface area contributed by atoms with Crippen LogP contribution in [-0.2, 0) is 11.3 Å². The van der Waals surface area contributed by atoms with Crippen LogP contribution in [0.5, 0.6) is 0 Å². The van der Waals surface area contributed by atoms with Gasteiger partial charge in [-0.2, -0.15) is 5.10 Å². The van der Waals surface area contributed by atoms with Gasteiger partial charge in [0, 0.05) is 41.7 Å². The summed E-state index contributed by atoms with van der Waals surface area (Å²) in [7, 11) is 0. The third kappa shape index (κ3) is 5.35. The van der Waals surface area contributed by atoms with E-state index in [0.717, 1.165) is 33.8 Å². The summed E-state index contributed by atoms with van der Waals surface area (Å²) < 4.78 is 1.63. The van der Waals surface area contributed by atoms with E-state index in [4.69, 9.17) is 0 Å². The SMILES string of the molecule is C=C(/C=C\C(=C/C)c1cnccn1)NC(=O)Cn1cc(-c2ccnc(C)c2)c(C)n1. The molecule has 3 aromatic heterocycles. The first kappa shape index (κ1) is 20.9. The number of hydrogen-bond acceptors (Lipinski definition) is 5. The van der Waals surface area contributed by atoms with E-state index in [1.165, 1.54) is 0 Å². The molecule has 1 amide bonds. The van der Waals surface area contributed by atoms with Crippen LogP contribution in [0.1, 0.15) is 24.0 Å². The molecule has 0 spiro atoms. The molecule has 1 N–H and O–H groups in total. The van der Waals surface area contributed by atoms with Gasteiger partial charge in [0.1, 0.15) is 6.54 Å². The highest BCUT2D eigenvalue weighted by molar-refractivity contribution is 5.79. The molecule has 3 aromatic rings. The molecule has 3 heterocycles. The fraction of sp³-hybridized carbons (Fsp3) is 0.174. The molecule has 7 heteroatoms. The van der Waals surface area contributed by atoms with Gasteiger partial charge in [-0.05, 0) is 50.1 Å². The maximum absolute atomic E-state index is 12.4. The Morgan fingerprint density at radius 1 is 1.20 bits per heavy atom. The van der Waals surface area contributed by atoms with Crippen molar-refractivity contribution >= 4 is 11.5 Å². The minimum atomic E-state index is -0.203. The van der Waals surface area contributed by atoms with E-state index in [0.29, 0.717) is 5.70 Å². The van der Waals surface area contributed by atoms with Crippen LogP contribution in [0.3, 0.4) is 0 Å². The van der Waals surface area contributed by atoms with Crippen LogP contribution in [0.2, 0.25) is 0 Å². The van der Waals surface area contributed by atoms with E-state index < -0.39 is 0 Å². The van der Waals surface area contributed by atoms with Crippen molar-refractivity contribution in [2.45, 2.75) is 27.3 Å². The van der Waals surface area contributed by atoms with E-state index in [9.17, 15) is 4.79 Å². The standard InChI is InChI=1S/C23H24N6O/c1-5-19(22-13-24-10-11-26-22)7-6-16(2)27-23(30)15-29-14-21(18(4)28-29)20-8-9-25-17(3)12-20/h5-14H,2,15H2,1,3-4H3,(H,27,30)/b7-6-,19-5+. The molecule has 0 aliphatic carbocycles. The van der Waals surface area contributed by atoms with Gasteiger partial charge in [-0.15, -0.1) is 0 Å². The summed E-state index contributed by atoms with van der Waals surface area (Å²) in [6.07, 6.45) is 14.1. The quantitative estimate of drug-likeness (QED) is 0.612. The molecule has 0 aromatic carbocycles. The second kappa shape index (κ2) is 9.56. The number of pyridine rings is 1. The number of aryl methyl sites for hydroxylation is 2. The Bertz CT molecular complexity index is 1110. The number of allylic oxidation sites excluding steroid dienone is 4. The minimum Gasteiger partial charge on any atom is -0.325 e. The summed E-state index contributed by atoms with van der Waals surface area (Å²) in [5.74, 6) is -0.203. The Hall–Kier alpha value is -3.87. The smallest absolute Gasteiger partial charge is 0.246 e. The zero-order valence-electron chi connectivity index (χ0n) is 17.3. The van der Waals surface area contributed by atoms with Crippen LogP contribution in [0.25, 0.3) is 16.7 Å². The lowest BCUT2D eigenvalue weighted by molar-refractivity contribution is -0.121. The van der Waals surface area contributed by atoms with Gasteiger partial charge in [0.2, 0.25) is 5.91 Å². The molecule has 0 radical (unpaired) electrons. The van der Waals surface area contributed by atoms with Crippen molar-refractivity contribution in [2.75, 3.05) is 0 Å². The zero-order valence-corrected chi connectivity index (χ0v) is 17.3. The van der Waals surface area contributed by atoms with E-state index in [2.05, 4.69) is 31.9 Å². The lowest BCUT2D eigenvalue weighted by atomic mass is 10.1. The first-order chi connectivity index (χ1) is 14.5. The van der Waals surface area contributed by atoms with Gasteiger partial charge >= 0.3 is 0 Å². The lowest BCUT2D eigenvalue weighted by Crippen LogP contribution is -2.26. The van der Waals surface area contributed by atoms with E-state index in [1.807, 2.05) is 51.3 Å². The number of aromatic nitrogens is 5. The van der Waals surface area contributed by atoms with Crippen molar-refractivity contribution in [1.82, 2.24) is 30.0 Å². The summed E-state index contributed by atoms with van der Waals surface area (Å²) in [5.41, 5.74) is 5.92. The van der Waals surface area contributed by atoms with Crippen molar-refractivity contribution in [3.05, 3.63) is 90.7 Å². The van der Waals surface area contributed by atoms with Crippen LogP contribution in [0, 0.1) is 13.8 Å². The predicted molar refractivity (Wildman–Crippen MR) is 117 cm³/mol. The average Bonchev–Trinajstić information content (AvgIpc) is 3.09. The molecule has 7 nitrogen and oxygen atoms in total. The fourth-order valence-electron chi connectivity index (χ4n) is 2.97. The molecule has 3 rings (SSSR count). The highest BCUT2D eigenvalue weighted by Crippen LogP contribution is 2.22. The van der Waals surface area contributed by atoms with E-state index in [1.54, 1.807) is 35.5 Å². The highest BCUT2D eigenvalue weighted by Gasteiger charge is 2.10. The Labute approximate surface area is 175 Å². The number of nitrogens with zero attached hydrogens (tertiary/aromatic N) is 5. The summed E-state index contributed by atoms with van der Waals surface area (Å²) in [5, 5.41) is 7.24. The second-order valence-corrected chi connectivity index (χ2v) is 6.75. The molecule has 152 valence electrons. The molecule has 0 saturated heterocycles. The minimum absolute atomic E-state index is 0.0956. The molecule has 0 aliphatic heterocycles. The van der Waals surface area contributed by atoms with Gasteiger partial charge in [-0.1, -0.05) is 18.7 Å². The summed E-state index contributed by atoms with van der Waals surface area (Å²) >= 11 is 0. The monoisotopic (exact) mass is 400 g/mol. The van der Waals surface area contributed by atoms with E-state index >= 15 is 0 Å². The summed E-state index contributed by atoms with van der Waals surface area (Å²) in [6, 6.07) is 3.93. The topological polar surface area (TPSA) is 85.6 Å². The first-order valence-electron chi connectivity index (χ1n) is 9.53. The van der Waals surface area contributed by atoms with E-state index in [-0.39, 0.29) is 12.5 Å². The summed E-state index contributed by atoms with van der Waals surface area (Å²) in [4.78, 5) is 25.0. The van der Waals surface area contributed by atoms with Crippen LogP contribution >= 0.6 is 0 Å².